The molecule has 0 bridgehead atoms. The number of urea groups is 1. The highest BCUT2D eigenvalue weighted by molar-refractivity contribution is 5.90. The molecule has 5 rings (SSSR count). The third-order valence-corrected chi connectivity index (χ3v) is 5.73. The van der Waals surface area contributed by atoms with E-state index in [1.165, 1.54) is 12.1 Å². The zero-order valence-electron chi connectivity index (χ0n) is 17.5. The molecule has 1 aliphatic rings. The van der Waals surface area contributed by atoms with Crippen molar-refractivity contribution in [3.8, 4) is 11.4 Å². The number of anilines is 1. The van der Waals surface area contributed by atoms with E-state index < -0.39 is 6.04 Å². The van der Waals surface area contributed by atoms with Gasteiger partial charge in [-0.1, -0.05) is 36.4 Å². The molecule has 0 fully saturated rings. The highest BCUT2D eigenvalue weighted by Gasteiger charge is 2.33. The highest BCUT2D eigenvalue weighted by Crippen LogP contribution is 2.37. The first-order valence-electron chi connectivity index (χ1n) is 10.4. The van der Waals surface area contributed by atoms with E-state index in [-0.39, 0.29) is 11.8 Å². The normalized spacial score (nSPS) is 14.8. The van der Waals surface area contributed by atoms with Gasteiger partial charge in [0.15, 0.2) is 0 Å². The van der Waals surface area contributed by atoms with Gasteiger partial charge in [-0.15, -0.1) is 0 Å². The highest BCUT2D eigenvalue weighted by atomic mass is 19.1. The van der Waals surface area contributed by atoms with Crippen LogP contribution in [-0.2, 0) is 6.54 Å². The summed E-state index contributed by atoms with van der Waals surface area (Å²) >= 11 is 0. The number of methoxy groups -OCH3 is 1. The molecule has 1 atom stereocenters. The van der Waals surface area contributed by atoms with E-state index >= 15 is 0 Å². The molecule has 0 aliphatic carbocycles. The summed E-state index contributed by atoms with van der Waals surface area (Å²) in [6.07, 6.45) is 1.99. The number of carbonyl (C=O) groups excluding carboxylic acids is 1. The zero-order chi connectivity index (χ0) is 22.1. The monoisotopic (exact) mass is 427 g/mol. The zero-order valence-corrected chi connectivity index (χ0v) is 17.5. The first-order valence-corrected chi connectivity index (χ1v) is 10.4. The van der Waals surface area contributed by atoms with Crippen molar-refractivity contribution in [2.75, 3.05) is 12.4 Å². The van der Waals surface area contributed by atoms with Crippen LogP contribution in [0.25, 0.3) is 5.69 Å². The lowest BCUT2D eigenvalue weighted by Crippen LogP contribution is -2.37. The van der Waals surface area contributed by atoms with E-state index in [2.05, 4.69) is 9.88 Å². The number of fused-ring (bicyclic) bond motifs is 3. The van der Waals surface area contributed by atoms with Crippen LogP contribution in [0, 0.1) is 5.82 Å². The lowest BCUT2D eigenvalue weighted by molar-refractivity contribution is 0.194. The smallest absolute Gasteiger partial charge is 0.322 e. The number of para-hydroxylation sites is 1. The molecule has 160 valence electrons. The van der Waals surface area contributed by atoms with Crippen LogP contribution >= 0.6 is 0 Å². The molecule has 0 radical (unpaired) electrons. The minimum atomic E-state index is -0.399. The van der Waals surface area contributed by atoms with Crippen molar-refractivity contribution in [1.29, 1.82) is 0 Å². The number of halogens is 1. The van der Waals surface area contributed by atoms with Crippen molar-refractivity contribution in [1.82, 2.24) is 9.47 Å². The van der Waals surface area contributed by atoms with Crippen molar-refractivity contribution in [2.24, 2.45) is 0 Å². The number of rotatable bonds is 3. The summed E-state index contributed by atoms with van der Waals surface area (Å²) in [7, 11) is 1.59. The van der Waals surface area contributed by atoms with Crippen LogP contribution < -0.4 is 10.1 Å². The molecule has 3 aromatic carbocycles. The third kappa shape index (κ3) is 3.60. The van der Waals surface area contributed by atoms with Crippen LogP contribution in [0.4, 0.5) is 14.9 Å². The van der Waals surface area contributed by atoms with Gasteiger partial charge in [0.05, 0.1) is 25.4 Å². The van der Waals surface area contributed by atoms with Crippen molar-refractivity contribution >= 4 is 11.7 Å². The number of nitrogens with one attached hydrogen (secondary N) is 1. The number of amides is 2. The molecule has 0 unspecified atom stereocenters. The topological polar surface area (TPSA) is 46.5 Å². The van der Waals surface area contributed by atoms with Crippen LogP contribution in [0.2, 0.25) is 0 Å². The Morgan fingerprint density at radius 1 is 1.00 bits per heavy atom. The molecule has 0 spiro atoms. The summed E-state index contributed by atoms with van der Waals surface area (Å²) in [5.41, 5.74) is 4.45. The molecule has 6 heteroatoms. The summed E-state index contributed by atoms with van der Waals surface area (Å²) < 4.78 is 21.1. The quantitative estimate of drug-likeness (QED) is 0.452. The predicted octanol–water partition coefficient (Wildman–Crippen LogP) is 5.76. The van der Waals surface area contributed by atoms with Crippen molar-refractivity contribution in [2.45, 2.75) is 12.6 Å². The van der Waals surface area contributed by atoms with E-state index in [4.69, 9.17) is 4.74 Å². The molecule has 1 N–H and O–H groups in total. The molecule has 2 amide bonds. The number of hydrogen-bond donors (Lipinski definition) is 1. The first-order chi connectivity index (χ1) is 15.6. The largest absolute Gasteiger partial charge is 0.497 e. The minimum Gasteiger partial charge on any atom is -0.497 e. The molecule has 0 saturated heterocycles. The second-order valence-corrected chi connectivity index (χ2v) is 7.68. The van der Waals surface area contributed by atoms with E-state index in [1.54, 1.807) is 30.2 Å². The average molecular weight is 427 g/mol. The van der Waals surface area contributed by atoms with E-state index in [0.29, 0.717) is 18.0 Å². The molecule has 1 aliphatic heterocycles. The standard InChI is InChI=1S/C26H22FN3O2/c1-32-22-8-4-7-21(16-22)28-26(31)30-17-19-6-2-3-9-23(19)29-15-5-10-24(29)25(30)18-11-13-20(27)14-12-18/h2-16,25H,17H2,1H3,(H,28,31)/t25-/m1/s1. The van der Waals surface area contributed by atoms with Gasteiger partial charge in [-0.2, -0.15) is 0 Å². The van der Waals surface area contributed by atoms with Gasteiger partial charge in [-0.05, 0) is 53.6 Å². The van der Waals surface area contributed by atoms with Crippen LogP contribution in [0.3, 0.4) is 0 Å². The number of aromatic nitrogens is 1. The van der Waals surface area contributed by atoms with Gasteiger partial charge in [0.25, 0.3) is 0 Å². The van der Waals surface area contributed by atoms with E-state index in [0.717, 1.165) is 22.5 Å². The van der Waals surface area contributed by atoms with Gasteiger partial charge in [-0.25, -0.2) is 9.18 Å². The fraction of sp³-hybridized carbons (Fsp3) is 0.115. The number of hydrogen-bond acceptors (Lipinski definition) is 2. The Morgan fingerprint density at radius 2 is 1.81 bits per heavy atom. The maximum absolute atomic E-state index is 13.7. The van der Waals surface area contributed by atoms with Crippen molar-refractivity contribution in [3.05, 3.63) is 114 Å². The predicted molar refractivity (Wildman–Crippen MR) is 122 cm³/mol. The second-order valence-electron chi connectivity index (χ2n) is 7.68. The number of carbonyl (C=O) groups is 1. The summed E-state index contributed by atoms with van der Waals surface area (Å²) in [6, 6.07) is 24.9. The fourth-order valence-corrected chi connectivity index (χ4v) is 4.23. The number of ether oxygens (including phenoxy) is 1. The second kappa shape index (κ2) is 8.23. The van der Waals surface area contributed by atoms with Crippen LogP contribution in [0.1, 0.15) is 22.9 Å². The Bertz CT molecular complexity index is 1270. The minimum absolute atomic E-state index is 0.253. The van der Waals surface area contributed by atoms with Crippen LogP contribution in [0.5, 0.6) is 5.75 Å². The molecule has 5 nitrogen and oxygen atoms in total. The lowest BCUT2D eigenvalue weighted by atomic mass is 10.0. The van der Waals surface area contributed by atoms with Crippen molar-refractivity contribution in [3.63, 3.8) is 0 Å². The Kier molecular flexibility index (Phi) is 5.11. The third-order valence-electron chi connectivity index (χ3n) is 5.73. The van der Waals surface area contributed by atoms with Gasteiger partial charge in [0.2, 0.25) is 0 Å². The summed E-state index contributed by atoms with van der Waals surface area (Å²) in [6.45, 7) is 0.399. The first kappa shape index (κ1) is 19.9. The molecule has 0 saturated carbocycles. The Labute approximate surface area is 185 Å². The molecular formula is C26H22FN3O2. The Balaban J connectivity index is 1.61. The Morgan fingerprint density at radius 3 is 2.62 bits per heavy atom. The fourth-order valence-electron chi connectivity index (χ4n) is 4.23. The summed E-state index contributed by atoms with van der Waals surface area (Å²) in [5, 5.41) is 3.00. The average Bonchev–Trinajstić information content (AvgIpc) is 3.24. The summed E-state index contributed by atoms with van der Waals surface area (Å²) in [5.74, 6) is 0.349. The van der Waals surface area contributed by atoms with Gasteiger partial charge >= 0.3 is 6.03 Å². The summed E-state index contributed by atoms with van der Waals surface area (Å²) in [4.78, 5) is 15.4. The van der Waals surface area contributed by atoms with E-state index in [9.17, 15) is 9.18 Å². The molecule has 4 aromatic rings. The molecule has 32 heavy (non-hydrogen) atoms. The van der Waals surface area contributed by atoms with Gasteiger partial charge < -0.3 is 19.5 Å². The number of benzene rings is 3. The van der Waals surface area contributed by atoms with Gasteiger partial charge in [0.1, 0.15) is 11.6 Å². The maximum Gasteiger partial charge on any atom is 0.322 e. The van der Waals surface area contributed by atoms with Crippen LogP contribution in [-0.4, -0.2) is 22.6 Å². The maximum atomic E-state index is 13.7. The lowest BCUT2D eigenvalue weighted by Gasteiger charge is -2.31. The van der Waals surface area contributed by atoms with Gasteiger partial charge in [-0.3, -0.25) is 0 Å². The van der Waals surface area contributed by atoms with E-state index in [1.807, 2.05) is 60.8 Å². The number of nitrogens with zero attached hydrogens (tertiary/aromatic N) is 2. The molecular weight excluding hydrogens is 405 g/mol. The molecule has 1 aromatic heterocycles. The van der Waals surface area contributed by atoms with Gasteiger partial charge in [0, 0.05) is 23.6 Å². The Hall–Kier alpha value is -4.06. The van der Waals surface area contributed by atoms with Crippen LogP contribution in [0.15, 0.2) is 91.1 Å². The van der Waals surface area contributed by atoms with Crippen molar-refractivity contribution < 1.29 is 13.9 Å². The molecule has 2 heterocycles. The SMILES string of the molecule is COc1cccc(NC(=O)N2Cc3ccccc3-n3cccc3[C@H]2c2ccc(F)cc2)c1.